The van der Waals surface area contributed by atoms with Gasteiger partial charge in [0.1, 0.15) is 11.3 Å². The van der Waals surface area contributed by atoms with Gasteiger partial charge in [0.15, 0.2) is 0 Å². The number of nitrogens with two attached hydrogens (primary N) is 1. The highest BCUT2D eigenvalue weighted by atomic mass is 16.5. The van der Waals surface area contributed by atoms with Crippen LogP contribution in [0.3, 0.4) is 0 Å². The van der Waals surface area contributed by atoms with Crippen molar-refractivity contribution in [2.75, 3.05) is 12.3 Å². The van der Waals surface area contributed by atoms with E-state index in [1.54, 1.807) is 6.92 Å². The quantitative estimate of drug-likeness (QED) is 0.664. The van der Waals surface area contributed by atoms with Crippen LogP contribution in [-0.2, 0) is 22.4 Å². The van der Waals surface area contributed by atoms with E-state index in [2.05, 4.69) is 11.1 Å². The number of esters is 1. The van der Waals surface area contributed by atoms with Crippen LogP contribution in [0, 0.1) is 0 Å². The molecule has 1 aromatic rings. The van der Waals surface area contributed by atoms with Gasteiger partial charge in [-0.05, 0) is 43.4 Å². The number of aryl methyl sites for hydroxylation is 2. The first-order chi connectivity index (χ1) is 10.6. The molecule has 0 bridgehead atoms. The lowest BCUT2D eigenvalue weighted by Gasteiger charge is -2.20. The van der Waals surface area contributed by atoms with E-state index in [-0.39, 0.29) is 30.4 Å². The Bertz CT molecular complexity index is 677. The fourth-order valence-corrected chi connectivity index (χ4v) is 3.11. The van der Waals surface area contributed by atoms with E-state index >= 15 is 0 Å². The normalized spacial score (nSPS) is 20.1. The number of hydrogen-bond acceptors (Lipinski definition) is 5. The molecule has 1 heterocycles. The average Bonchev–Trinajstić information content (AvgIpc) is 2.93. The number of aliphatic hydroxyl groups excluding tert-OH is 1. The monoisotopic (exact) mass is 300 g/mol. The number of hydrogen-bond donors (Lipinski definition) is 2. The Balaban J connectivity index is 1.85. The van der Waals surface area contributed by atoms with E-state index < -0.39 is 5.97 Å². The molecule has 3 N–H and O–H groups in total. The molecule has 1 aromatic carbocycles. The number of aliphatic imine (C=N–C) groups is 1. The van der Waals surface area contributed by atoms with Gasteiger partial charge in [0.2, 0.25) is 0 Å². The Morgan fingerprint density at radius 2 is 2.14 bits per heavy atom. The number of aliphatic hydroxyl groups is 1. The van der Waals surface area contributed by atoms with Crippen LogP contribution in [0.4, 0.5) is 5.69 Å². The highest BCUT2D eigenvalue weighted by Gasteiger charge is 2.26. The molecule has 5 heteroatoms. The van der Waals surface area contributed by atoms with Gasteiger partial charge in [-0.2, -0.15) is 0 Å². The number of carbonyl (C=O) groups is 1. The number of anilines is 1. The Morgan fingerprint density at radius 1 is 1.41 bits per heavy atom. The largest absolute Gasteiger partial charge is 0.511 e. The molecule has 0 fully saturated rings. The highest BCUT2D eigenvalue weighted by Crippen LogP contribution is 2.36. The standard InChI is InChI=1S/C17H20N2O3/c1-2-22-17(21)13-9-19-15(8-16(13)20)12-6-10-4-3-5-11(10)7-14(12)18/h6-7,9,15,20H,2-5,8,18H2,1H3. The predicted molar refractivity (Wildman–Crippen MR) is 85.0 cm³/mol. The maximum absolute atomic E-state index is 11.7. The van der Waals surface area contributed by atoms with Gasteiger partial charge in [0, 0.05) is 23.9 Å². The second-order valence-corrected chi connectivity index (χ2v) is 5.68. The third kappa shape index (κ3) is 2.58. The molecule has 0 spiro atoms. The summed E-state index contributed by atoms with van der Waals surface area (Å²) >= 11 is 0. The minimum Gasteiger partial charge on any atom is -0.511 e. The zero-order chi connectivity index (χ0) is 15.7. The van der Waals surface area contributed by atoms with Crippen molar-refractivity contribution in [1.29, 1.82) is 0 Å². The van der Waals surface area contributed by atoms with E-state index in [1.165, 1.54) is 17.3 Å². The molecule has 0 amide bonds. The molecule has 0 saturated carbocycles. The number of dihydropyridines is 1. The molecule has 0 radical (unpaired) electrons. The second kappa shape index (κ2) is 5.83. The van der Waals surface area contributed by atoms with Crippen LogP contribution in [0.2, 0.25) is 0 Å². The summed E-state index contributed by atoms with van der Waals surface area (Å²) in [5.41, 5.74) is 10.5. The predicted octanol–water partition coefficient (Wildman–Crippen LogP) is 2.65. The first kappa shape index (κ1) is 14.6. The molecule has 116 valence electrons. The van der Waals surface area contributed by atoms with Crippen molar-refractivity contribution < 1.29 is 14.6 Å². The van der Waals surface area contributed by atoms with E-state index in [1.807, 2.05) is 6.07 Å². The lowest BCUT2D eigenvalue weighted by atomic mass is 9.94. The van der Waals surface area contributed by atoms with Crippen LogP contribution in [0.15, 0.2) is 28.5 Å². The van der Waals surface area contributed by atoms with Crippen LogP contribution >= 0.6 is 0 Å². The van der Waals surface area contributed by atoms with Gasteiger partial charge in [0.25, 0.3) is 0 Å². The van der Waals surface area contributed by atoms with Gasteiger partial charge in [-0.1, -0.05) is 6.07 Å². The third-order valence-electron chi connectivity index (χ3n) is 4.23. The van der Waals surface area contributed by atoms with Crippen molar-refractivity contribution in [1.82, 2.24) is 0 Å². The summed E-state index contributed by atoms with van der Waals surface area (Å²) in [6.07, 6.45) is 4.97. The first-order valence-electron chi connectivity index (χ1n) is 7.63. The minimum atomic E-state index is -0.538. The van der Waals surface area contributed by atoms with Crippen LogP contribution < -0.4 is 5.73 Å². The topological polar surface area (TPSA) is 84.9 Å². The molecular weight excluding hydrogens is 280 g/mol. The van der Waals surface area contributed by atoms with Gasteiger partial charge in [0.05, 0.1) is 12.6 Å². The zero-order valence-corrected chi connectivity index (χ0v) is 12.6. The zero-order valence-electron chi connectivity index (χ0n) is 12.6. The Hall–Kier alpha value is -2.30. The van der Waals surface area contributed by atoms with Gasteiger partial charge < -0.3 is 15.6 Å². The third-order valence-corrected chi connectivity index (χ3v) is 4.23. The van der Waals surface area contributed by atoms with E-state index in [0.29, 0.717) is 5.69 Å². The number of carbonyl (C=O) groups excluding carboxylic acids is 1. The molecule has 2 aliphatic rings. The lowest BCUT2D eigenvalue weighted by molar-refractivity contribution is -0.138. The second-order valence-electron chi connectivity index (χ2n) is 5.68. The molecular formula is C17H20N2O3. The molecule has 1 aliphatic carbocycles. The first-order valence-corrected chi connectivity index (χ1v) is 7.63. The SMILES string of the molecule is CCOC(=O)C1=C(O)CC(c2cc3c(cc2N)CCC3)N=C1. The fraction of sp³-hybridized carbons (Fsp3) is 0.412. The van der Waals surface area contributed by atoms with Crippen molar-refractivity contribution in [2.24, 2.45) is 4.99 Å². The number of nitrogens with zero attached hydrogens (tertiary/aromatic N) is 1. The molecule has 1 aliphatic heterocycles. The summed E-state index contributed by atoms with van der Waals surface area (Å²) in [4.78, 5) is 16.1. The molecule has 22 heavy (non-hydrogen) atoms. The molecule has 1 atom stereocenters. The summed E-state index contributed by atoms with van der Waals surface area (Å²) in [5, 5.41) is 10.1. The highest BCUT2D eigenvalue weighted by molar-refractivity contribution is 6.10. The van der Waals surface area contributed by atoms with Crippen molar-refractivity contribution in [3.63, 3.8) is 0 Å². The molecule has 5 nitrogen and oxygen atoms in total. The van der Waals surface area contributed by atoms with Gasteiger partial charge in [-0.25, -0.2) is 4.79 Å². The summed E-state index contributed by atoms with van der Waals surface area (Å²) < 4.78 is 4.90. The summed E-state index contributed by atoms with van der Waals surface area (Å²) in [7, 11) is 0. The Kier molecular flexibility index (Phi) is 3.88. The molecule has 0 saturated heterocycles. The van der Waals surface area contributed by atoms with E-state index in [4.69, 9.17) is 10.5 Å². The summed E-state index contributed by atoms with van der Waals surface area (Å²) in [6.45, 7) is 1.99. The van der Waals surface area contributed by atoms with Crippen molar-refractivity contribution >= 4 is 17.9 Å². The number of nitrogen functional groups attached to an aromatic ring is 1. The van der Waals surface area contributed by atoms with Gasteiger partial charge >= 0.3 is 5.97 Å². The molecule has 0 aromatic heterocycles. The summed E-state index contributed by atoms with van der Waals surface area (Å²) in [6, 6.07) is 3.88. The van der Waals surface area contributed by atoms with Crippen molar-refractivity contribution in [3.05, 3.63) is 40.2 Å². The summed E-state index contributed by atoms with van der Waals surface area (Å²) in [5.74, 6) is -0.525. The average molecular weight is 300 g/mol. The minimum absolute atomic E-state index is 0.0124. The lowest BCUT2D eigenvalue weighted by Crippen LogP contribution is -2.17. The van der Waals surface area contributed by atoms with Crippen LogP contribution in [0.1, 0.15) is 42.5 Å². The van der Waals surface area contributed by atoms with Crippen LogP contribution in [0.5, 0.6) is 0 Å². The van der Waals surface area contributed by atoms with E-state index in [0.717, 1.165) is 24.8 Å². The fourth-order valence-electron chi connectivity index (χ4n) is 3.11. The maximum atomic E-state index is 11.7. The number of benzene rings is 1. The molecule has 1 unspecified atom stereocenters. The number of fused-ring (bicyclic) bond motifs is 1. The molecule has 3 rings (SSSR count). The maximum Gasteiger partial charge on any atom is 0.343 e. The van der Waals surface area contributed by atoms with Crippen molar-refractivity contribution in [2.45, 2.75) is 38.6 Å². The number of rotatable bonds is 3. The van der Waals surface area contributed by atoms with E-state index in [9.17, 15) is 9.90 Å². The van der Waals surface area contributed by atoms with Gasteiger partial charge in [-0.3, -0.25) is 4.99 Å². The smallest absolute Gasteiger partial charge is 0.343 e. The Morgan fingerprint density at radius 3 is 2.82 bits per heavy atom. The van der Waals surface area contributed by atoms with Crippen LogP contribution in [0.25, 0.3) is 0 Å². The Labute approximate surface area is 129 Å². The van der Waals surface area contributed by atoms with Gasteiger partial charge in [-0.15, -0.1) is 0 Å². The number of ether oxygens (including phenoxy) is 1. The van der Waals surface area contributed by atoms with Crippen LogP contribution in [-0.4, -0.2) is 23.9 Å². The van der Waals surface area contributed by atoms with Crippen molar-refractivity contribution in [3.8, 4) is 0 Å².